The van der Waals surface area contributed by atoms with E-state index in [1.165, 1.54) is 11.3 Å². The van der Waals surface area contributed by atoms with Crippen LogP contribution in [0.4, 0.5) is 0 Å². The van der Waals surface area contributed by atoms with Crippen molar-refractivity contribution in [2.75, 3.05) is 0 Å². The Bertz CT molecular complexity index is 442. The molecule has 1 aliphatic carbocycles. The summed E-state index contributed by atoms with van der Waals surface area (Å²) in [5.74, 6) is 1.27. The third-order valence-electron chi connectivity index (χ3n) is 2.62. The van der Waals surface area contributed by atoms with E-state index in [1.54, 1.807) is 0 Å². The maximum Gasteiger partial charge on any atom is 0.225 e. The summed E-state index contributed by atoms with van der Waals surface area (Å²) >= 11 is 0. The number of nitrogens with zero attached hydrogens (tertiary/aromatic N) is 4. The molecule has 1 atom stereocenters. The van der Waals surface area contributed by atoms with Gasteiger partial charge in [-0.3, -0.25) is 5.10 Å². The van der Waals surface area contributed by atoms with E-state index in [2.05, 4.69) is 37.7 Å². The first-order valence-corrected chi connectivity index (χ1v) is 4.64. The van der Waals surface area contributed by atoms with Crippen LogP contribution in [-0.2, 0) is 12.8 Å². The van der Waals surface area contributed by atoms with Crippen molar-refractivity contribution in [2.24, 2.45) is 5.92 Å². The second-order valence-corrected chi connectivity index (χ2v) is 3.78. The van der Waals surface area contributed by atoms with Gasteiger partial charge in [0.05, 0.1) is 0 Å². The minimum Gasteiger partial charge on any atom is -0.282 e. The number of fused-ring (bicyclic) bond motifs is 1. The molecule has 0 saturated carbocycles. The van der Waals surface area contributed by atoms with Crippen LogP contribution in [0.25, 0.3) is 11.5 Å². The molecule has 1 aliphatic rings. The lowest BCUT2D eigenvalue weighted by Crippen LogP contribution is -1.94. The summed E-state index contributed by atoms with van der Waals surface area (Å²) in [7, 11) is 0. The molecule has 2 N–H and O–H groups in total. The summed E-state index contributed by atoms with van der Waals surface area (Å²) in [4.78, 5) is 0. The number of rotatable bonds is 1. The highest BCUT2D eigenvalue weighted by molar-refractivity contribution is 5.56. The first-order valence-electron chi connectivity index (χ1n) is 4.64. The number of nitrogens with one attached hydrogen (secondary N) is 2. The van der Waals surface area contributed by atoms with E-state index in [1.807, 2.05) is 0 Å². The van der Waals surface area contributed by atoms with Gasteiger partial charge in [0.1, 0.15) is 5.69 Å². The summed E-state index contributed by atoms with van der Waals surface area (Å²) in [6.07, 6.45) is 2.12. The molecule has 6 heteroatoms. The lowest BCUT2D eigenvalue weighted by atomic mass is 10.1. The zero-order chi connectivity index (χ0) is 9.54. The normalized spacial score (nSPS) is 19.9. The highest BCUT2D eigenvalue weighted by Crippen LogP contribution is 2.30. The van der Waals surface area contributed by atoms with Gasteiger partial charge in [0.25, 0.3) is 0 Å². The summed E-state index contributed by atoms with van der Waals surface area (Å²) in [6.45, 7) is 2.23. The minimum atomic E-state index is 0.580. The number of aromatic nitrogens is 6. The van der Waals surface area contributed by atoms with Gasteiger partial charge in [-0.15, -0.1) is 10.2 Å². The third kappa shape index (κ3) is 0.966. The van der Waals surface area contributed by atoms with Crippen LogP contribution in [0.2, 0.25) is 0 Å². The van der Waals surface area contributed by atoms with E-state index in [4.69, 9.17) is 0 Å². The molecule has 0 aliphatic heterocycles. The molecule has 2 aromatic heterocycles. The number of hydrogen-bond acceptors (Lipinski definition) is 4. The smallest absolute Gasteiger partial charge is 0.225 e. The highest BCUT2D eigenvalue weighted by atomic mass is 15.5. The third-order valence-corrected chi connectivity index (χ3v) is 2.62. The van der Waals surface area contributed by atoms with Crippen molar-refractivity contribution >= 4 is 0 Å². The molecular formula is C8H10N6. The quantitative estimate of drug-likeness (QED) is 0.678. The van der Waals surface area contributed by atoms with Crippen LogP contribution in [0, 0.1) is 5.92 Å². The Hall–Kier alpha value is -1.72. The molecule has 2 aromatic rings. The summed E-state index contributed by atoms with van der Waals surface area (Å²) in [6, 6.07) is 0. The van der Waals surface area contributed by atoms with E-state index < -0.39 is 0 Å². The molecule has 2 heterocycles. The van der Waals surface area contributed by atoms with Crippen molar-refractivity contribution in [2.45, 2.75) is 19.8 Å². The Morgan fingerprint density at radius 1 is 1.29 bits per heavy atom. The van der Waals surface area contributed by atoms with E-state index >= 15 is 0 Å². The lowest BCUT2D eigenvalue weighted by Gasteiger charge is -1.97. The molecule has 0 amide bonds. The summed E-state index contributed by atoms with van der Waals surface area (Å²) in [5.41, 5.74) is 3.31. The van der Waals surface area contributed by atoms with E-state index in [0.29, 0.717) is 11.7 Å². The van der Waals surface area contributed by atoms with Gasteiger partial charge in [0.2, 0.25) is 5.82 Å². The van der Waals surface area contributed by atoms with E-state index in [-0.39, 0.29) is 0 Å². The van der Waals surface area contributed by atoms with Crippen molar-refractivity contribution in [3.8, 4) is 11.5 Å². The van der Waals surface area contributed by atoms with Gasteiger partial charge < -0.3 is 0 Å². The molecule has 0 fully saturated rings. The Morgan fingerprint density at radius 2 is 2.21 bits per heavy atom. The van der Waals surface area contributed by atoms with Gasteiger partial charge >= 0.3 is 0 Å². The fourth-order valence-corrected chi connectivity index (χ4v) is 2.01. The Balaban J connectivity index is 2.10. The van der Waals surface area contributed by atoms with Crippen molar-refractivity contribution in [1.82, 2.24) is 30.8 Å². The number of hydrogen-bond donors (Lipinski definition) is 2. The number of H-pyrrole nitrogens is 2. The Kier molecular flexibility index (Phi) is 1.44. The second kappa shape index (κ2) is 2.63. The molecule has 3 rings (SSSR count). The van der Waals surface area contributed by atoms with Crippen LogP contribution in [0.3, 0.4) is 0 Å². The molecule has 1 unspecified atom stereocenters. The van der Waals surface area contributed by atoms with Crippen LogP contribution in [0.15, 0.2) is 0 Å². The molecule has 0 saturated heterocycles. The molecular weight excluding hydrogens is 180 g/mol. The van der Waals surface area contributed by atoms with Gasteiger partial charge in [-0.05, 0) is 24.0 Å². The Morgan fingerprint density at radius 3 is 3.00 bits per heavy atom. The van der Waals surface area contributed by atoms with Crippen LogP contribution in [0.1, 0.15) is 18.2 Å². The minimum absolute atomic E-state index is 0.580. The van der Waals surface area contributed by atoms with E-state index in [0.717, 1.165) is 18.5 Å². The molecule has 0 aromatic carbocycles. The second-order valence-electron chi connectivity index (χ2n) is 3.78. The lowest BCUT2D eigenvalue weighted by molar-refractivity contribution is 0.617. The van der Waals surface area contributed by atoms with Crippen molar-refractivity contribution in [1.29, 1.82) is 0 Å². The summed E-state index contributed by atoms with van der Waals surface area (Å²) < 4.78 is 0. The number of aromatic amines is 2. The first kappa shape index (κ1) is 7.66. The molecule has 6 nitrogen and oxygen atoms in total. The first-order chi connectivity index (χ1) is 6.84. The predicted octanol–water partition coefficient (Wildman–Crippen LogP) is 0.324. The van der Waals surface area contributed by atoms with Gasteiger partial charge in [0, 0.05) is 11.3 Å². The van der Waals surface area contributed by atoms with Crippen LogP contribution in [-0.4, -0.2) is 30.8 Å². The largest absolute Gasteiger partial charge is 0.282 e. The van der Waals surface area contributed by atoms with Crippen molar-refractivity contribution in [3.05, 3.63) is 11.3 Å². The maximum absolute atomic E-state index is 4.20. The maximum atomic E-state index is 4.20. The molecule has 0 radical (unpaired) electrons. The fourth-order valence-electron chi connectivity index (χ4n) is 2.01. The monoisotopic (exact) mass is 190 g/mol. The number of tetrazole rings is 1. The molecule has 0 spiro atoms. The molecule has 0 bridgehead atoms. The highest BCUT2D eigenvalue weighted by Gasteiger charge is 2.25. The molecule has 14 heavy (non-hydrogen) atoms. The standard InChI is InChI=1S/C8H10N6/c1-4-2-5-6(3-4)9-10-7(5)8-11-13-14-12-8/h4H,2-3H2,1H3,(H,9,10)(H,11,12,13,14). The zero-order valence-corrected chi connectivity index (χ0v) is 7.78. The van der Waals surface area contributed by atoms with Crippen LogP contribution in [0.5, 0.6) is 0 Å². The van der Waals surface area contributed by atoms with Crippen LogP contribution >= 0.6 is 0 Å². The van der Waals surface area contributed by atoms with Gasteiger partial charge in [-0.25, -0.2) is 0 Å². The van der Waals surface area contributed by atoms with Crippen molar-refractivity contribution in [3.63, 3.8) is 0 Å². The average molecular weight is 190 g/mol. The van der Waals surface area contributed by atoms with Crippen molar-refractivity contribution < 1.29 is 0 Å². The fraction of sp³-hybridized carbons (Fsp3) is 0.500. The molecule has 72 valence electrons. The van der Waals surface area contributed by atoms with Crippen LogP contribution < -0.4 is 0 Å². The Labute approximate surface area is 80.1 Å². The predicted molar refractivity (Wildman–Crippen MR) is 48.3 cm³/mol. The van der Waals surface area contributed by atoms with Gasteiger partial charge in [0.15, 0.2) is 0 Å². The average Bonchev–Trinajstić information content (AvgIpc) is 2.77. The summed E-state index contributed by atoms with van der Waals surface area (Å²) in [5, 5.41) is 21.1. The van der Waals surface area contributed by atoms with E-state index in [9.17, 15) is 0 Å². The topological polar surface area (TPSA) is 83.1 Å². The zero-order valence-electron chi connectivity index (χ0n) is 7.78. The van der Waals surface area contributed by atoms with Gasteiger partial charge in [-0.1, -0.05) is 6.92 Å². The SMILES string of the molecule is CC1Cc2[nH]nc(-c3nn[nH]n3)c2C1. The van der Waals surface area contributed by atoms with Gasteiger partial charge in [-0.2, -0.15) is 10.3 Å².